The van der Waals surface area contributed by atoms with Gasteiger partial charge in [-0.05, 0) is 62.5 Å². The molecule has 1 aromatic rings. The number of rotatable bonds is 9. The molecule has 0 aromatic heterocycles. The molecule has 1 nitrogen and oxygen atoms in total. The van der Waals surface area contributed by atoms with Crippen LogP contribution in [0.1, 0.15) is 39.0 Å². The average molecular weight is 263 g/mol. The topological polar surface area (TPSA) is 12.0 Å². The van der Waals surface area contributed by atoms with Gasteiger partial charge in [0.25, 0.3) is 0 Å². The fourth-order valence-electron chi connectivity index (χ4n) is 2.34. The molecule has 1 saturated carbocycles. The van der Waals surface area contributed by atoms with Crippen molar-refractivity contribution < 1.29 is 0 Å². The normalized spacial score (nSPS) is 16.7. The van der Waals surface area contributed by atoms with E-state index in [0.29, 0.717) is 0 Å². The Morgan fingerprint density at radius 1 is 1.28 bits per heavy atom. The molecule has 1 fully saturated rings. The molecule has 1 aliphatic rings. The minimum atomic E-state index is 0.793. The summed E-state index contributed by atoms with van der Waals surface area (Å²) in [7, 11) is 0. The average Bonchev–Trinajstić information content (AvgIpc) is 3.23. The van der Waals surface area contributed by atoms with Gasteiger partial charge in [0, 0.05) is 10.9 Å². The Morgan fingerprint density at radius 3 is 2.72 bits per heavy atom. The third-order valence-corrected chi connectivity index (χ3v) is 4.62. The molecule has 100 valence electrons. The summed E-state index contributed by atoms with van der Waals surface area (Å²) in [5.41, 5.74) is 0. The zero-order valence-electron chi connectivity index (χ0n) is 11.4. The maximum atomic E-state index is 3.72. The van der Waals surface area contributed by atoms with E-state index < -0.39 is 0 Å². The van der Waals surface area contributed by atoms with Crippen LogP contribution in [-0.4, -0.2) is 18.3 Å². The molecule has 2 heteroatoms. The number of nitrogens with one attached hydrogen (secondary N) is 1. The van der Waals surface area contributed by atoms with Crippen molar-refractivity contribution in [2.75, 3.05) is 12.3 Å². The number of thioether (sulfide) groups is 1. The predicted octanol–water partition coefficient (Wildman–Crippen LogP) is 4.34. The molecule has 0 aliphatic heterocycles. The van der Waals surface area contributed by atoms with E-state index in [4.69, 9.17) is 0 Å². The van der Waals surface area contributed by atoms with Crippen molar-refractivity contribution in [1.82, 2.24) is 5.32 Å². The first-order valence-electron chi connectivity index (χ1n) is 7.31. The van der Waals surface area contributed by atoms with Gasteiger partial charge in [-0.25, -0.2) is 0 Å². The summed E-state index contributed by atoms with van der Waals surface area (Å²) in [6, 6.07) is 11.5. The van der Waals surface area contributed by atoms with E-state index in [1.165, 1.54) is 49.3 Å². The van der Waals surface area contributed by atoms with Crippen molar-refractivity contribution in [2.45, 2.75) is 50.0 Å². The number of benzene rings is 1. The molecule has 1 aliphatic carbocycles. The minimum absolute atomic E-state index is 0.793. The van der Waals surface area contributed by atoms with Gasteiger partial charge >= 0.3 is 0 Å². The molecule has 1 N–H and O–H groups in total. The van der Waals surface area contributed by atoms with E-state index in [-0.39, 0.29) is 0 Å². The number of hydrogen-bond acceptors (Lipinski definition) is 2. The monoisotopic (exact) mass is 263 g/mol. The molecule has 0 saturated heterocycles. The summed E-state index contributed by atoms with van der Waals surface area (Å²) >= 11 is 1.99. The zero-order valence-corrected chi connectivity index (χ0v) is 12.2. The van der Waals surface area contributed by atoms with Crippen molar-refractivity contribution in [3.8, 4) is 0 Å². The van der Waals surface area contributed by atoms with E-state index in [0.717, 1.165) is 12.0 Å². The van der Waals surface area contributed by atoms with E-state index in [1.54, 1.807) is 0 Å². The zero-order chi connectivity index (χ0) is 12.6. The van der Waals surface area contributed by atoms with Gasteiger partial charge in [-0.1, -0.05) is 25.1 Å². The van der Waals surface area contributed by atoms with Crippen molar-refractivity contribution in [3.63, 3.8) is 0 Å². The van der Waals surface area contributed by atoms with Gasteiger partial charge in [-0.2, -0.15) is 0 Å². The van der Waals surface area contributed by atoms with Crippen LogP contribution in [0.4, 0.5) is 0 Å². The van der Waals surface area contributed by atoms with Crippen LogP contribution < -0.4 is 5.32 Å². The van der Waals surface area contributed by atoms with Crippen LogP contribution in [-0.2, 0) is 0 Å². The maximum Gasteiger partial charge on any atom is 0.00956 e. The quantitative estimate of drug-likeness (QED) is 0.525. The van der Waals surface area contributed by atoms with Crippen molar-refractivity contribution in [3.05, 3.63) is 30.3 Å². The molecule has 0 radical (unpaired) electrons. The third-order valence-electron chi connectivity index (χ3n) is 3.52. The van der Waals surface area contributed by atoms with Crippen LogP contribution in [0.15, 0.2) is 35.2 Å². The molecule has 0 amide bonds. The lowest BCUT2D eigenvalue weighted by Crippen LogP contribution is -2.31. The SMILES string of the molecule is CCCNC(CCCSc1ccccc1)C1CC1. The Kier molecular flexibility index (Phi) is 6.09. The summed E-state index contributed by atoms with van der Waals surface area (Å²) in [5, 5.41) is 3.72. The standard InChI is InChI=1S/C16H25NS/c1-2-12-17-16(14-10-11-14)9-6-13-18-15-7-4-3-5-8-15/h3-5,7-8,14,16-17H,2,6,9-13H2,1H3. The molecule has 0 spiro atoms. The summed E-state index contributed by atoms with van der Waals surface area (Å²) in [4.78, 5) is 1.40. The maximum absolute atomic E-state index is 3.72. The number of hydrogen-bond donors (Lipinski definition) is 1. The van der Waals surface area contributed by atoms with Crippen LogP contribution in [0.3, 0.4) is 0 Å². The van der Waals surface area contributed by atoms with Gasteiger partial charge in [-0.15, -0.1) is 11.8 Å². The van der Waals surface area contributed by atoms with Gasteiger partial charge in [0.1, 0.15) is 0 Å². The highest BCUT2D eigenvalue weighted by Gasteiger charge is 2.29. The highest BCUT2D eigenvalue weighted by Crippen LogP contribution is 2.34. The molecule has 0 heterocycles. The van der Waals surface area contributed by atoms with Gasteiger partial charge in [0.05, 0.1) is 0 Å². The molecule has 18 heavy (non-hydrogen) atoms. The summed E-state index contributed by atoms with van der Waals surface area (Å²) in [6.45, 7) is 3.44. The second kappa shape index (κ2) is 7.85. The van der Waals surface area contributed by atoms with Crippen LogP contribution in [0.2, 0.25) is 0 Å². The molecular weight excluding hydrogens is 238 g/mol. The molecule has 2 rings (SSSR count). The van der Waals surface area contributed by atoms with Crippen molar-refractivity contribution in [1.29, 1.82) is 0 Å². The van der Waals surface area contributed by atoms with Crippen LogP contribution in [0, 0.1) is 5.92 Å². The lowest BCUT2D eigenvalue weighted by Gasteiger charge is -2.17. The summed E-state index contributed by atoms with van der Waals surface area (Å²) in [5.74, 6) is 2.24. The molecule has 1 aromatic carbocycles. The lowest BCUT2D eigenvalue weighted by molar-refractivity contribution is 0.433. The van der Waals surface area contributed by atoms with Crippen molar-refractivity contribution in [2.24, 2.45) is 5.92 Å². The Balaban J connectivity index is 1.61. The van der Waals surface area contributed by atoms with Crippen LogP contribution in [0.5, 0.6) is 0 Å². The minimum Gasteiger partial charge on any atom is -0.314 e. The van der Waals surface area contributed by atoms with E-state index in [2.05, 4.69) is 42.6 Å². The molecular formula is C16H25NS. The first kappa shape index (κ1) is 14.0. The Bertz CT molecular complexity index is 321. The van der Waals surface area contributed by atoms with Gasteiger partial charge in [0.15, 0.2) is 0 Å². The van der Waals surface area contributed by atoms with Crippen LogP contribution in [0.25, 0.3) is 0 Å². The molecule has 0 bridgehead atoms. The second-order valence-electron chi connectivity index (χ2n) is 5.20. The second-order valence-corrected chi connectivity index (χ2v) is 6.37. The smallest absolute Gasteiger partial charge is 0.00956 e. The first-order chi connectivity index (χ1) is 8.90. The summed E-state index contributed by atoms with van der Waals surface area (Å²) in [6.07, 6.45) is 6.84. The Labute approximate surface area is 116 Å². The molecule has 1 unspecified atom stereocenters. The largest absolute Gasteiger partial charge is 0.314 e. The molecule has 1 atom stereocenters. The van der Waals surface area contributed by atoms with Gasteiger partial charge in [0.2, 0.25) is 0 Å². The highest BCUT2D eigenvalue weighted by molar-refractivity contribution is 7.99. The summed E-state index contributed by atoms with van der Waals surface area (Å²) < 4.78 is 0. The van der Waals surface area contributed by atoms with E-state index >= 15 is 0 Å². The third kappa shape index (κ3) is 5.03. The van der Waals surface area contributed by atoms with E-state index in [9.17, 15) is 0 Å². The fraction of sp³-hybridized carbons (Fsp3) is 0.625. The first-order valence-corrected chi connectivity index (χ1v) is 8.30. The van der Waals surface area contributed by atoms with Crippen molar-refractivity contribution >= 4 is 11.8 Å². The van der Waals surface area contributed by atoms with E-state index in [1.807, 2.05) is 11.8 Å². The van der Waals surface area contributed by atoms with Gasteiger partial charge < -0.3 is 5.32 Å². The van der Waals surface area contributed by atoms with Gasteiger partial charge in [-0.3, -0.25) is 0 Å². The van der Waals surface area contributed by atoms with Crippen LogP contribution >= 0.6 is 11.8 Å². The Hall–Kier alpha value is -0.470. The highest BCUT2D eigenvalue weighted by atomic mass is 32.2. The fourth-order valence-corrected chi connectivity index (χ4v) is 3.24. The lowest BCUT2D eigenvalue weighted by atomic mass is 10.1. The predicted molar refractivity (Wildman–Crippen MR) is 81.2 cm³/mol. The Morgan fingerprint density at radius 2 is 2.06 bits per heavy atom.